The molecule has 0 spiro atoms. The summed E-state index contributed by atoms with van der Waals surface area (Å²) in [6.07, 6.45) is 2.69. The number of carbonyl (C=O) groups excluding carboxylic acids is 2. The van der Waals surface area contributed by atoms with Crippen LogP contribution in [0.1, 0.15) is 18.4 Å². The van der Waals surface area contributed by atoms with Gasteiger partial charge in [-0.2, -0.15) is 0 Å². The molecule has 1 amide bonds. The summed E-state index contributed by atoms with van der Waals surface area (Å²) in [6.45, 7) is 4.39. The molecular weight excluding hydrogens is 282 g/mol. The van der Waals surface area contributed by atoms with Crippen LogP contribution in [0.15, 0.2) is 43.0 Å². The summed E-state index contributed by atoms with van der Waals surface area (Å²) in [7, 11) is 1.33. The Bertz CT molecular complexity index is 529. The Balaban J connectivity index is 2.00. The molecule has 0 bridgehead atoms. The van der Waals surface area contributed by atoms with Crippen LogP contribution in [0.4, 0.5) is 4.79 Å². The summed E-state index contributed by atoms with van der Waals surface area (Å²) in [6, 6.07) is 8.85. The zero-order valence-corrected chi connectivity index (χ0v) is 12.7. The average molecular weight is 303 g/mol. The van der Waals surface area contributed by atoms with Crippen molar-refractivity contribution in [3.05, 3.63) is 48.6 Å². The average Bonchev–Trinajstić information content (AvgIpc) is 2.97. The predicted molar refractivity (Wildman–Crippen MR) is 82.1 cm³/mol. The number of methoxy groups -OCH3 is 1. The zero-order valence-electron chi connectivity index (χ0n) is 12.7. The van der Waals surface area contributed by atoms with Gasteiger partial charge in [0.15, 0.2) is 0 Å². The zero-order chi connectivity index (χ0) is 15.9. The standard InChI is InChI=1S/C17H21NO4/c1-3-7-14-10-11-18(15(14)16(19)21-2)17(20)22-12-13-8-5-4-6-9-13/h3-6,8-9,14-15H,1,7,10-12H2,2H3/t14-,15-/m0/s1. The molecule has 1 aromatic carbocycles. The summed E-state index contributed by atoms with van der Waals surface area (Å²) in [5.74, 6) is -0.366. The van der Waals surface area contributed by atoms with E-state index in [0.29, 0.717) is 13.0 Å². The number of nitrogens with zero attached hydrogens (tertiary/aromatic N) is 1. The van der Waals surface area contributed by atoms with E-state index in [9.17, 15) is 9.59 Å². The van der Waals surface area contributed by atoms with Gasteiger partial charge in [-0.25, -0.2) is 9.59 Å². The number of hydrogen-bond acceptors (Lipinski definition) is 4. The van der Waals surface area contributed by atoms with Crippen molar-refractivity contribution in [1.29, 1.82) is 0 Å². The maximum Gasteiger partial charge on any atom is 0.410 e. The van der Waals surface area contributed by atoms with Crippen LogP contribution >= 0.6 is 0 Å². The van der Waals surface area contributed by atoms with E-state index >= 15 is 0 Å². The molecule has 0 aliphatic carbocycles. The van der Waals surface area contributed by atoms with E-state index in [0.717, 1.165) is 12.0 Å². The Morgan fingerprint density at radius 1 is 1.36 bits per heavy atom. The van der Waals surface area contributed by atoms with Crippen LogP contribution in [-0.2, 0) is 20.9 Å². The minimum atomic E-state index is -0.591. The second-order valence-corrected chi connectivity index (χ2v) is 5.27. The number of hydrogen-bond donors (Lipinski definition) is 0. The van der Waals surface area contributed by atoms with Gasteiger partial charge in [-0.15, -0.1) is 6.58 Å². The van der Waals surface area contributed by atoms with Crippen molar-refractivity contribution in [3.63, 3.8) is 0 Å². The lowest BCUT2D eigenvalue weighted by Gasteiger charge is -2.25. The maximum absolute atomic E-state index is 12.3. The van der Waals surface area contributed by atoms with Crippen molar-refractivity contribution in [3.8, 4) is 0 Å². The third-order valence-electron chi connectivity index (χ3n) is 3.87. The minimum Gasteiger partial charge on any atom is -0.467 e. The lowest BCUT2D eigenvalue weighted by atomic mass is 9.97. The van der Waals surface area contributed by atoms with Gasteiger partial charge >= 0.3 is 12.1 Å². The minimum absolute atomic E-state index is 0.0363. The summed E-state index contributed by atoms with van der Waals surface area (Å²) in [5.41, 5.74) is 0.910. The SMILES string of the molecule is C=CC[C@H]1CCN(C(=O)OCc2ccccc2)[C@@H]1C(=O)OC. The van der Waals surface area contributed by atoms with E-state index < -0.39 is 18.1 Å². The second kappa shape index (κ2) is 7.64. The Morgan fingerprint density at radius 3 is 2.73 bits per heavy atom. The number of allylic oxidation sites excluding steroid dienone is 1. The number of likely N-dealkylation sites (tertiary alicyclic amines) is 1. The van der Waals surface area contributed by atoms with E-state index in [1.54, 1.807) is 6.08 Å². The third-order valence-corrected chi connectivity index (χ3v) is 3.87. The molecule has 0 aromatic heterocycles. The highest BCUT2D eigenvalue weighted by Crippen LogP contribution is 2.29. The van der Waals surface area contributed by atoms with Gasteiger partial charge in [0, 0.05) is 6.54 Å². The van der Waals surface area contributed by atoms with Crippen molar-refractivity contribution in [2.45, 2.75) is 25.5 Å². The summed E-state index contributed by atoms with van der Waals surface area (Å²) < 4.78 is 10.1. The highest BCUT2D eigenvalue weighted by atomic mass is 16.6. The molecular formula is C17H21NO4. The number of carbonyl (C=O) groups is 2. The molecule has 0 saturated carbocycles. The number of benzene rings is 1. The van der Waals surface area contributed by atoms with E-state index in [4.69, 9.17) is 9.47 Å². The topological polar surface area (TPSA) is 55.8 Å². The molecule has 5 nitrogen and oxygen atoms in total. The molecule has 0 radical (unpaired) electrons. The van der Waals surface area contributed by atoms with Gasteiger partial charge in [0.05, 0.1) is 7.11 Å². The van der Waals surface area contributed by atoms with Gasteiger partial charge in [-0.3, -0.25) is 4.90 Å². The summed E-state index contributed by atoms with van der Waals surface area (Å²) in [4.78, 5) is 25.7. The third kappa shape index (κ3) is 3.67. The Morgan fingerprint density at radius 2 is 2.09 bits per heavy atom. The van der Waals surface area contributed by atoms with Crippen molar-refractivity contribution in [1.82, 2.24) is 4.90 Å². The molecule has 1 aliphatic heterocycles. The summed E-state index contributed by atoms with van der Waals surface area (Å²) >= 11 is 0. The van der Waals surface area contributed by atoms with Crippen LogP contribution in [0.25, 0.3) is 0 Å². The normalized spacial score (nSPS) is 20.5. The fourth-order valence-electron chi connectivity index (χ4n) is 2.76. The van der Waals surface area contributed by atoms with Crippen LogP contribution in [0.3, 0.4) is 0 Å². The first-order valence-electron chi connectivity index (χ1n) is 7.33. The molecule has 5 heteroatoms. The van der Waals surface area contributed by atoms with Crippen LogP contribution in [0.2, 0.25) is 0 Å². The fraction of sp³-hybridized carbons (Fsp3) is 0.412. The highest BCUT2D eigenvalue weighted by molar-refractivity contribution is 5.82. The van der Waals surface area contributed by atoms with Crippen LogP contribution in [0, 0.1) is 5.92 Å². The van der Waals surface area contributed by atoms with Crippen LogP contribution < -0.4 is 0 Å². The van der Waals surface area contributed by atoms with E-state index in [1.807, 2.05) is 30.3 Å². The van der Waals surface area contributed by atoms with Gasteiger partial charge in [0.25, 0.3) is 0 Å². The number of amides is 1. The van der Waals surface area contributed by atoms with Gasteiger partial charge in [-0.05, 0) is 24.3 Å². The van der Waals surface area contributed by atoms with Crippen molar-refractivity contribution >= 4 is 12.1 Å². The molecule has 118 valence electrons. The molecule has 1 aliphatic rings. The quantitative estimate of drug-likeness (QED) is 0.620. The lowest BCUT2D eigenvalue weighted by Crippen LogP contribution is -2.44. The monoisotopic (exact) mass is 303 g/mol. The lowest BCUT2D eigenvalue weighted by molar-refractivity contribution is -0.146. The Labute approximate surface area is 130 Å². The van der Waals surface area contributed by atoms with Gasteiger partial charge in [0.2, 0.25) is 0 Å². The smallest absolute Gasteiger partial charge is 0.410 e. The number of rotatable bonds is 5. The van der Waals surface area contributed by atoms with E-state index in [1.165, 1.54) is 12.0 Å². The molecule has 1 heterocycles. The summed E-state index contributed by atoms with van der Waals surface area (Å²) in [5, 5.41) is 0. The molecule has 1 fully saturated rings. The molecule has 0 N–H and O–H groups in total. The van der Waals surface area contributed by atoms with E-state index in [-0.39, 0.29) is 12.5 Å². The van der Waals surface area contributed by atoms with Gasteiger partial charge in [-0.1, -0.05) is 36.4 Å². The van der Waals surface area contributed by atoms with Crippen molar-refractivity contribution < 1.29 is 19.1 Å². The van der Waals surface area contributed by atoms with Crippen LogP contribution in [0.5, 0.6) is 0 Å². The molecule has 22 heavy (non-hydrogen) atoms. The van der Waals surface area contributed by atoms with Crippen LogP contribution in [-0.4, -0.2) is 36.7 Å². The van der Waals surface area contributed by atoms with E-state index in [2.05, 4.69) is 6.58 Å². The predicted octanol–water partition coefficient (Wildman–Crippen LogP) is 2.76. The molecule has 2 rings (SSSR count). The maximum atomic E-state index is 12.3. The molecule has 0 unspecified atom stereocenters. The first-order chi connectivity index (χ1) is 10.7. The second-order valence-electron chi connectivity index (χ2n) is 5.27. The number of ether oxygens (including phenoxy) is 2. The highest BCUT2D eigenvalue weighted by Gasteiger charge is 2.42. The molecule has 1 saturated heterocycles. The van der Waals surface area contributed by atoms with Crippen molar-refractivity contribution in [2.24, 2.45) is 5.92 Å². The van der Waals surface area contributed by atoms with Gasteiger partial charge in [0.1, 0.15) is 12.6 Å². The number of esters is 1. The molecule has 2 atom stereocenters. The first kappa shape index (κ1) is 16.1. The fourth-order valence-corrected chi connectivity index (χ4v) is 2.76. The largest absolute Gasteiger partial charge is 0.467 e. The molecule has 1 aromatic rings. The van der Waals surface area contributed by atoms with Crippen molar-refractivity contribution in [2.75, 3.05) is 13.7 Å². The Kier molecular flexibility index (Phi) is 5.58. The Hall–Kier alpha value is -2.30. The first-order valence-corrected chi connectivity index (χ1v) is 7.33. The van der Waals surface area contributed by atoms with Gasteiger partial charge < -0.3 is 9.47 Å².